The van der Waals surface area contributed by atoms with E-state index in [-0.39, 0.29) is 28.8 Å². The number of nitrogens with one attached hydrogen (secondary N) is 1. The summed E-state index contributed by atoms with van der Waals surface area (Å²) in [6.45, 7) is 0.894. The van der Waals surface area contributed by atoms with E-state index >= 15 is 0 Å². The molecule has 1 aromatic carbocycles. The number of halogens is 3. The lowest BCUT2D eigenvalue weighted by Gasteiger charge is -2.19. The molecule has 2 fully saturated rings. The number of aliphatic hydroxyl groups is 1. The van der Waals surface area contributed by atoms with Gasteiger partial charge in [0.05, 0.1) is 36.4 Å². The number of ether oxygens (including phenoxy) is 2. The Kier molecular flexibility index (Phi) is 7.31. The van der Waals surface area contributed by atoms with Crippen LogP contribution < -0.4 is 11.1 Å². The van der Waals surface area contributed by atoms with E-state index in [9.17, 15) is 18.3 Å². The number of aryl methyl sites for hydroxylation is 1. The summed E-state index contributed by atoms with van der Waals surface area (Å²) in [6, 6.07) is 2.06. The normalized spacial score (nSPS) is 25.6. The predicted molar refractivity (Wildman–Crippen MR) is 128 cm³/mol. The van der Waals surface area contributed by atoms with Crippen molar-refractivity contribution >= 4 is 17.0 Å². The van der Waals surface area contributed by atoms with Gasteiger partial charge in [-0.3, -0.25) is 4.68 Å². The van der Waals surface area contributed by atoms with Crippen molar-refractivity contribution in [2.24, 2.45) is 12.8 Å². The number of anilines is 1. The molecular formula is C24H28F3N5O3S. The Labute approximate surface area is 210 Å². The highest BCUT2D eigenvalue weighted by Crippen LogP contribution is 2.36. The summed E-state index contributed by atoms with van der Waals surface area (Å²) in [4.78, 5) is 4.29. The van der Waals surface area contributed by atoms with E-state index in [1.807, 2.05) is 0 Å². The van der Waals surface area contributed by atoms with Gasteiger partial charge in [0.15, 0.2) is 6.23 Å². The molecule has 3 aromatic rings. The fraction of sp³-hybridized carbons (Fsp3) is 0.500. The Balaban J connectivity index is 1.34. The number of thiazole rings is 1. The van der Waals surface area contributed by atoms with Crippen molar-refractivity contribution in [1.82, 2.24) is 14.8 Å². The van der Waals surface area contributed by atoms with Gasteiger partial charge in [-0.25, -0.2) is 18.2 Å². The smallest absolute Gasteiger partial charge is 0.169 e. The maximum absolute atomic E-state index is 14.9. The van der Waals surface area contributed by atoms with Crippen LogP contribution in [0.25, 0.3) is 10.6 Å². The molecule has 194 valence electrons. The number of alkyl halides is 1. The second-order valence-corrected chi connectivity index (χ2v) is 10.0. The molecule has 0 spiro atoms. The van der Waals surface area contributed by atoms with E-state index in [0.717, 1.165) is 17.8 Å². The quantitative estimate of drug-likeness (QED) is 0.420. The molecule has 0 aliphatic carbocycles. The Morgan fingerprint density at radius 1 is 1.22 bits per heavy atom. The predicted octanol–water partition coefficient (Wildman–Crippen LogP) is 3.95. The Morgan fingerprint density at radius 3 is 2.72 bits per heavy atom. The van der Waals surface area contributed by atoms with Crippen molar-refractivity contribution in [3.05, 3.63) is 52.3 Å². The number of hydrogen-bond donors (Lipinski definition) is 3. The van der Waals surface area contributed by atoms with Crippen LogP contribution in [0.4, 0.5) is 18.9 Å². The van der Waals surface area contributed by atoms with Crippen molar-refractivity contribution in [3.8, 4) is 10.6 Å². The molecule has 4 N–H and O–H groups in total. The molecule has 4 heterocycles. The first kappa shape index (κ1) is 25.2. The summed E-state index contributed by atoms with van der Waals surface area (Å²) in [7, 11) is 1.72. The zero-order valence-electron chi connectivity index (χ0n) is 19.7. The standard InChI is InChI=1S/C24H28F3N5O3S/c1-32-22(20-3-2-17(28)16(27)10-35-20)18(8-29-32)30-23(33)19-11-36-24(31-19)21-14(25)6-13(7-15(21)26)12-4-5-34-9-12/h6-8,11-12,16-17,20,23,30,33H,2-5,9-10,28H2,1H3/t12?,16-,17-,20+,23?/m1/s1. The molecule has 2 unspecified atom stereocenters. The molecule has 5 atom stereocenters. The lowest BCUT2D eigenvalue weighted by atomic mass is 9.97. The van der Waals surface area contributed by atoms with Crippen LogP contribution in [0.1, 0.15) is 54.5 Å². The highest BCUT2D eigenvalue weighted by molar-refractivity contribution is 7.13. The van der Waals surface area contributed by atoms with Gasteiger partial charge in [0.2, 0.25) is 0 Å². The average Bonchev–Trinajstić information content (AvgIpc) is 3.59. The van der Waals surface area contributed by atoms with Crippen LogP contribution in [0.3, 0.4) is 0 Å². The minimum absolute atomic E-state index is 0.0291. The van der Waals surface area contributed by atoms with Crippen LogP contribution >= 0.6 is 11.3 Å². The van der Waals surface area contributed by atoms with Gasteiger partial charge < -0.3 is 25.6 Å². The fourth-order valence-corrected chi connectivity index (χ4v) is 5.56. The van der Waals surface area contributed by atoms with Gasteiger partial charge >= 0.3 is 0 Å². The van der Waals surface area contributed by atoms with Crippen LogP contribution in [0.5, 0.6) is 0 Å². The topological polar surface area (TPSA) is 107 Å². The van der Waals surface area contributed by atoms with E-state index in [1.165, 1.54) is 23.7 Å². The molecule has 12 heteroatoms. The number of rotatable bonds is 6. The first-order valence-corrected chi connectivity index (χ1v) is 12.7. The van der Waals surface area contributed by atoms with E-state index in [1.54, 1.807) is 11.7 Å². The number of aromatic nitrogens is 3. The molecule has 0 saturated carbocycles. The summed E-state index contributed by atoms with van der Waals surface area (Å²) >= 11 is 1.03. The first-order valence-electron chi connectivity index (χ1n) is 11.8. The molecular weight excluding hydrogens is 495 g/mol. The second kappa shape index (κ2) is 10.5. The monoisotopic (exact) mass is 523 g/mol. The molecule has 8 nitrogen and oxygen atoms in total. The number of aliphatic hydroxyl groups excluding tert-OH is 1. The molecule has 2 aliphatic rings. The van der Waals surface area contributed by atoms with Crippen molar-refractivity contribution in [1.29, 1.82) is 0 Å². The minimum Gasteiger partial charge on any atom is -0.381 e. The molecule has 2 aliphatic heterocycles. The fourth-order valence-electron chi connectivity index (χ4n) is 4.67. The number of benzene rings is 1. The number of nitrogens with two attached hydrogens (primary N) is 1. The molecule has 36 heavy (non-hydrogen) atoms. The van der Waals surface area contributed by atoms with E-state index < -0.39 is 36.2 Å². The van der Waals surface area contributed by atoms with Crippen molar-refractivity contribution < 1.29 is 27.8 Å². The molecule has 0 bridgehead atoms. The van der Waals surface area contributed by atoms with E-state index in [4.69, 9.17) is 15.2 Å². The summed E-state index contributed by atoms with van der Waals surface area (Å²) in [6.07, 6.45) is 0.198. The lowest BCUT2D eigenvalue weighted by molar-refractivity contribution is 0.0246. The van der Waals surface area contributed by atoms with Gasteiger partial charge in [0, 0.05) is 31.0 Å². The van der Waals surface area contributed by atoms with Gasteiger partial charge in [0.25, 0.3) is 0 Å². The Morgan fingerprint density at radius 2 is 2.00 bits per heavy atom. The largest absolute Gasteiger partial charge is 0.381 e. The second-order valence-electron chi connectivity index (χ2n) is 9.19. The van der Waals surface area contributed by atoms with Crippen LogP contribution in [-0.2, 0) is 16.5 Å². The van der Waals surface area contributed by atoms with Crippen LogP contribution in [0.15, 0.2) is 23.7 Å². The summed E-state index contributed by atoms with van der Waals surface area (Å²) in [5, 5.41) is 19.6. The number of nitrogens with zero attached hydrogens (tertiary/aromatic N) is 3. The first-order chi connectivity index (χ1) is 17.3. The van der Waals surface area contributed by atoms with Crippen LogP contribution in [0, 0.1) is 11.6 Å². The van der Waals surface area contributed by atoms with Gasteiger partial charge in [-0.15, -0.1) is 11.3 Å². The zero-order chi connectivity index (χ0) is 25.4. The average molecular weight is 524 g/mol. The summed E-state index contributed by atoms with van der Waals surface area (Å²) in [5.74, 6) is -1.44. The van der Waals surface area contributed by atoms with Crippen molar-refractivity contribution in [2.45, 2.75) is 49.7 Å². The lowest BCUT2D eigenvalue weighted by Crippen LogP contribution is -2.32. The minimum atomic E-state index is -1.28. The van der Waals surface area contributed by atoms with Gasteiger partial charge in [-0.2, -0.15) is 5.10 Å². The van der Waals surface area contributed by atoms with E-state index in [0.29, 0.717) is 43.0 Å². The molecule has 2 aromatic heterocycles. The third kappa shape index (κ3) is 5.00. The maximum Gasteiger partial charge on any atom is 0.169 e. The molecule has 0 radical (unpaired) electrons. The SMILES string of the molecule is Cn1ncc(NC(O)c2csc(-c3c(F)cc(C4CCOC4)cc3F)n2)c1[C@@H]1CC[C@@H](N)[C@H](F)CO1. The third-order valence-corrected chi connectivity index (χ3v) is 7.62. The van der Waals surface area contributed by atoms with Crippen LogP contribution in [-0.4, -0.2) is 51.9 Å². The van der Waals surface area contributed by atoms with Crippen LogP contribution in [0.2, 0.25) is 0 Å². The third-order valence-electron chi connectivity index (χ3n) is 6.75. The Hall–Kier alpha value is -2.51. The van der Waals surface area contributed by atoms with Gasteiger partial charge in [0.1, 0.15) is 34.6 Å². The molecule has 0 amide bonds. The van der Waals surface area contributed by atoms with Crippen molar-refractivity contribution in [2.75, 3.05) is 25.1 Å². The highest BCUT2D eigenvalue weighted by atomic mass is 32.1. The molecule has 2 saturated heterocycles. The number of hydrogen-bond acceptors (Lipinski definition) is 8. The maximum atomic E-state index is 14.9. The summed E-state index contributed by atoms with van der Waals surface area (Å²) < 4.78 is 56.4. The highest BCUT2D eigenvalue weighted by Gasteiger charge is 2.30. The Bertz CT molecular complexity index is 1180. The van der Waals surface area contributed by atoms with Gasteiger partial charge in [-0.05, 0) is 37.0 Å². The van der Waals surface area contributed by atoms with E-state index in [2.05, 4.69) is 15.4 Å². The summed E-state index contributed by atoms with van der Waals surface area (Å²) in [5.41, 5.74) is 7.49. The zero-order valence-corrected chi connectivity index (χ0v) is 20.5. The van der Waals surface area contributed by atoms with Gasteiger partial charge in [-0.1, -0.05) is 0 Å². The van der Waals surface area contributed by atoms with Crippen molar-refractivity contribution in [3.63, 3.8) is 0 Å². The molecule has 5 rings (SSSR count).